The molecule has 1 aromatic heterocycles. The van der Waals surface area contributed by atoms with Crippen LogP contribution in [0.4, 0.5) is 0 Å². The van der Waals surface area contributed by atoms with E-state index in [1.165, 1.54) is 0 Å². The Balaban J connectivity index is 1.86. The molecular weight excluding hydrogens is 304 g/mol. The first-order valence-corrected chi connectivity index (χ1v) is 8.47. The van der Waals surface area contributed by atoms with Gasteiger partial charge in [0.05, 0.1) is 0 Å². The number of carbonyl (C=O) groups excluding carboxylic acids is 1. The molecule has 3 rings (SSSR count). The normalized spacial score (nSPS) is 18.6. The van der Waals surface area contributed by atoms with E-state index in [4.69, 9.17) is 4.42 Å². The van der Waals surface area contributed by atoms with Gasteiger partial charge in [-0.2, -0.15) is 0 Å². The summed E-state index contributed by atoms with van der Waals surface area (Å²) in [6.45, 7) is 3.48. The lowest BCUT2D eigenvalue weighted by Gasteiger charge is -2.35. The fraction of sp³-hybridized carbons (Fsp3) is 0.474. The van der Waals surface area contributed by atoms with E-state index < -0.39 is 0 Å². The minimum Gasteiger partial charge on any atom is -0.423 e. The Morgan fingerprint density at radius 3 is 2.79 bits per heavy atom. The van der Waals surface area contributed by atoms with Crippen LogP contribution in [-0.2, 0) is 17.8 Å². The van der Waals surface area contributed by atoms with E-state index in [1.807, 2.05) is 19.2 Å². The molecule has 2 heterocycles. The number of piperidine rings is 1. The van der Waals surface area contributed by atoms with Gasteiger partial charge in [0.2, 0.25) is 5.91 Å². The first-order chi connectivity index (χ1) is 11.5. The van der Waals surface area contributed by atoms with Crippen LogP contribution in [-0.4, -0.2) is 42.4 Å². The molecule has 1 atom stereocenters. The van der Waals surface area contributed by atoms with E-state index >= 15 is 0 Å². The van der Waals surface area contributed by atoms with Gasteiger partial charge in [0.15, 0.2) is 0 Å². The summed E-state index contributed by atoms with van der Waals surface area (Å²) in [7, 11) is 3.90. The molecule has 5 heteroatoms. The number of nitrogens with zero attached hydrogens (tertiary/aromatic N) is 2. The summed E-state index contributed by atoms with van der Waals surface area (Å²) >= 11 is 0. The molecule has 0 bridgehead atoms. The van der Waals surface area contributed by atoms with Crippen molar-refractivity contribution in [3.05, 3.63) is 45.8 Å². The van der Waals surface area contributed by atoms with Gasteiger partial charge < -0.3 is 9.32 Å². The van der Waals surface area contributed by atoms with Crippen molar-refractivity contribution in [2.75, 3.05) is 20.6 Å². The number of rotatable bonds is 4. The van der Waals surface area contributed by atoms with E-state index in [-0.39, 0.29) is 11.5 Å². The predicted octanol–water partition coefficient (Wildman–Crippen LogP) is 2.41. The molecule has 0 N–H and O–H groups in total. The number of hydrogen-bond acceptors (Lipinski definition) is 4. The Hall–Kier alpha value is -2.14. The number of carbonyl (C=O) groups is 1. The van der Waals surface area contributed by atoms with E-state index in [0.717, 1.165) is 35.9 Å². The second kappa shape index (κ2) is 6.77. The lowest BCUT2D eigenvalue weighted by Crippen LogP contribution is -2.47. The molecule has 128 valence electrons. The Kier molecular flexibility index (Phi) is 4.71. The summed E-state index contributed by atoms with van der Waals surface area (Å²) in [6, 6.07) is 7.97. The van der Waals surface area contributed by atoms with Gasteiger partial charge >= 0.3 is 5.63 Å². The number of likely N-dealkylation sites (N-methyl/N-ethyl adjacent to an activating group) is 2. The van der Waals surface area contributed by atoms with Crippen LogP contribution in [0.3, 0.4) is 0 Å². The van der Waals surface area contributed by atoms with Crippen molar-refractivity contribution in [3.8, 4) is 0 Å². The van der Waals surface area contributed by atoms with Crippen LogP contribution in [0.2, 0.25) is 0 Å². The van der Waals surface area contributed by atoms with Crippen molar-refractivity contribution < 1.29 is 9.21 Å². The Labute approximate surface area is 141 Å². The molecule has 2 aromatic rings. The maximum absolute atomic E-state index is 11.9. The topological polar surface area (TPSA) is 53.8 Å². The first-order valence-electron chi connectivity index (χ1n) is 8.47. The fourth-order valence-corrected chi connectivity index (χ4v) is 3.37. The van der Waals surface area contributed by atoms with Crippen molar-refractivity contribution in [1.29, 1.82) is 0 Å². The Morgan fingerprint density at radius 1 is 1.29 bits per heavy atom. The number of fused-ring (bicyclic) bond motifs is 1. The van der Waals surface area contributed by atoms with E-state index in [2.05, 4.69) is 24.9 Å². The minimum atomic E-state index is -0.310. The summed E-state index contributed by atoms with van der Waals surface area (Å²) in [6.07, 6.45) is 2.36. The van der Waals surface area contributed by atoms with Crippen LogP contribution in [0.5, 0.6) is 0 Å². The number of benzene rings is 1. The van der Waals surface area contributed by atoms with Gasteiger partial charge in [-0.25, -0.2) is 4.79 Å². The van der Waals surface area contributed by atoms with E-state index in [1.54, 1.807) is 11.0 Å². The molecule has 1 aliphatic rings. The SMILES string of the molecule is CCc1ccc2c(CN(C)[C@@H]3CCC(=O)N(C)C3)cc(=O)oc2c1. The first kappa shape index (κ1) is 16.7. The van der Waals surface area contributed by atoms with Crippen LogP contribution in [0, 0.1) is 0 Å². The second-order valence-corrected chi connectivity index (χ2v) is 6.66. The maximum Gasteiger partial charge on any atom is 0.336 e. The summed E-state index contributed by atoms with van der Waals surface area (Å²) < 4.78 is 5.38. The average Bonchev–Trinajstić information content (AvgIpc) is 2.56. The molecule has 1 amide bonds. The van der Waals surface area contributed by atoms with E-state index in [0.29, 0.717) is 24.6 Å². The highest BCUT2D eigenvalue weighted by Gasteiger charge is 2.26. The van der Waals surface area contributed by atoms with Gasteiger partial charge in [-0.05, 0) is 37.1 Å². The molecule has 0 saturated carbocycles. The summed E-state index contributed by atoms with van der Waals surface area (Å²) in [5.74, 6) is 0.206. The largest absolute Gasteiger partial charge is 0.423 e. The average molecular weight is 328 g/mol. The third-order valence-electron chi connectivity index (χ3n) is 4.95. The summed E-state index contributed by atoms with van der Waals surface area (Å²) in [4.78, 5) is 27.6. The molecular formula is C19H24N2O3. The van der Waals surface area contributed by atoms with Crippen LogP contribution < -0.4 is 5.63 Å². The van der Waals surface area contributed by atoms with Crippen molar-refractivity contribution in [1.82, 2.24) is 9.80 Å². The lowest BCUT2D eigenvalue weighted by molar-refractivity contribution is -0.133. The third-order valence-corrected chi connectivity index (χ3v) is 4.95. The number of likely N-dealkylation sites (tertiary alicyclic amines) is 1. The van der Waals surface area contributed by atoms with Gasteiger partial charge in [-0.15, -0.1) is 0 Å². The van der Waals surface area contributed by atoms with Gasteiger partial charge in [0.25, 0.3) is 0 Å². The van der Waals surface area contributed by atoms with E-state index in [9.17, 15) is 9.59 Å². The summed E-state index contributed by atoms with van der Waals surface area (Å²) in [5, 5.41) is 0.985. The van der Waals surface area contributed by atoms with Gasteiger partial charge in [0, 0.05) is 44.1 Å². The zero-order valence-corrected chi connectivity index (χ0v) is 14.5. The van der Waals surface area contributed by atoms with Crippen LogP contribution in [0.25, 0.3) is 11.0 Å². The highest BCUT2D eigenvalue weighted by atomic mass is 16.4. The fourth-order valence-electron chi connectivity index (χ4n) is 3.37. The molecule has 24 heavy (non-hydrogen) atoms. The van der Waals surface area contributed by atoms with Crippen LogP contribution in [0.1, 0.15) is 30.9 Å². The number of amides is 1. The van der Waals surface area contributed by atoms with Crippen molar-refractivity contribution >= 4 is 16.9 Å². The smallest absolute Gasteiger partial charge is 0.336 e. The number of hydrogen-bond donors (Lipinski definition) is 0. The zero-order chi connectivity index (χ0) is 17.3. The third kappa shape index (κ3) is 3.36. The predicted molar refractivity (Wildman–Crippen MR) is 94.0 cm³/mol. The number of aryl methyl sites for hydroxylation is 1. The molecule has 0 spiro atoms. The Morgan fingerprint density at radius 2 is 2.08 bits per heavy atom. The summed E-state index contributed by atoms with van der Waals surface area (Å²) in [5.41, 5.74) is 2.48. The van der Waals surface area contributed by atoms with Gasteiger partial charge in [-0.3, -0.25) is 9.69 Å². The molecule has 0 aliphatic carbocycles. The molecule has 5 nitrogen and oxygen atoms in total. The molecule has 1 saturated heterocycles. The molecule has 0 radical (unpaired) electrons. The monoisotopic (exact) mass is 328 g/mol. The molecule has 1 aromatic carbocycles. The van der Waals surface area contributed by atoms with Crippen molar-refractivity contribution in [3.63, 3.8) is 0 Å². The van der Waals surface area contributed by atoms with Gasteiger partial charge in [0.1, 0.15) is 5.58 Å². The van der Waals surface area contributed by atoms with Crippen LogP contribution in [0.15, 0.2) is 33.5 Å². The Bertz CT molecular complexity index is 812. The second-order valence-electron chi connectivity index (χ2n) is 6.66. The van der Waals surface area contributed by atoms with Crippen LogP contribution >= 0.6 is 0 Å². The molecule has 0 unspecified atom stereocenters. The highest BCUT2D eigenvalue weighted by molar-refractivity contribution is 5.80. The minimum absolute atomic E-state index is 0.206. The van der Waals surface area contributed by atoms with Gasteiger partial charge in [-0.1, -0.05) is 19.1 Å². The molecule has 1 aliphatic heterocycles. The maximum atomic E-state index is 11.9. The standard InChI is InChI=1S/C19H24N2O3/c1-4-13-5-7-16-14(10-19(23)24-17(16)9-13)11-20(2)15-6-8-18(22)21(3)12-15/h5,7,9-10,15H,4,6,8,11-12H2,1-3H3/t15-/m1/s1. The quantitative estimate of drug-likeness (QED) is 0.809. The molecule has 1 fully saturated rings. The van der Waals surface area contributed by atoms with Crippen molar-refractivity contribution in [2.24, 2.45) is 0 Å². The van der Waals surface area contributed by atoms with Crippen molar-refractivity contribution in [2.45, 2.75) is 38.8 Å². The lowest BCUT2D eigenvalue weighted by atomic mass is 10.0. The highest BCUT2D eigenvalue weighted by Crippen LogP contribution is 2.22. The zero-order valence-electron chi connectivity index (χ0n) is 14.5.